The third-order valence-electron chi connectivity index (χ3n) is 5.80. The van der Waals surface area contributed by atoms with Crippen LogP contribution in [-0.2, 0) is 0 Å². The first-order valence-electron chi connectivity index (χ1n) is 9.78. The fourth-order valence-corrected chi connectivity index (χ4v) is 4.50. The first kappa shape index (κ1) is 19.4. The summed E-state index contributed by atoms with van der Waals surface area (Å²) in [6.45, 7) is 2.44. The van der Waals surface area contributed by atoms with Gasteiger partial charge in [0.05, 0.1) is 25.9 Å². The molecule has 2 aliphatic rings. The van der Waals surface area contributed by atoms with E-state index in [2.05, 4.69) is 4.98 Å². The van der Waals surface area contributed by atoms with Crippen molar-refractivity contribution >= 4 is 12.2 Å². The van der Waals surface area contributed by atoms with Gasteiger partial charge in [-0.15, -0.1) is 0 Å². The highest BCUT2D eigenvalue weighted by Gasteiger charge is 2.43. The van der Waals surface area contributed by atoms with Crippen molar-refractivity contribution in [2.24, 2.45) is 4.99 Å². The molecule has 1 fully saturated rings. The third kappa shape index (κ3) is 3.46. The van der Waals surface area contributed by atoms with Gasteiger partial charge in [0.15, 0.2) is 11.5 Å². The fourth-order valence-electron chi connectivity index (χ4n) is 4.50. The molecule has 2 heterocycles. The molecular formula is C22H24N2O5. The van der Waals surface area contributed by atoms with E-state index in [9.17, 15) is 9.90 Å². The largest absolute Gasteiger partial charge is 0.493 e. The molecule has 2 N–H and O–H groups in total. The summed E-state index contributed by atoms with van der Waals surface area (Å²) in [4.78, 5) is 20.0. The number of fused-ring (bicyclic) bond motifs is 3. The molecule has 4 rings (SSSR count). The second-order valence-corrected chi connectivity index (χ2v) is 7.39. The Balaban J connectivity index is 1.80. The molecule has 0 amide bonds. The van der Waals surface area contributed by atoms with Crippen LogP contribution in [0.5, 0.6) is 11.5 Å². The Bertz CT molecular complexity index is 941. The third-order valence-corrected chi connectivity index (χ3v) is 5.80. The number of carbonyl (C=O) groups is 1. The molecule has 2 aromatic rings. The molecule has 1 aromatic heterocycles. The number of carboxylic acids is 1. The first-order valence-corrected chi connectivity index (χ1v) is 9.78. The Morgan fingerprint density at radius 1 is 1.21 bits per heavy atom. The molecule has 29 heavy (non-hydrogen) atoms. The van der Waals surface area contributed by atoms with Crippen LogP contribution in [0.2, 0.25) is 0 Å². The summed E-state index contributed by atoms with van der Waals surface area (Å²) in [5.74, 6) is -0.0407. The van der Waals surface area contributed by atoms with E-state index in [0.717, 1.165) is 23.1 Å². The van der Waals surface area contributed by atoms with E-state index < -0.39 is 12.1 Å². The number of hydrogen-bond acceptors (Lipinski definition) is 6. The smallest absolute Gasteiger partial charge is 0.354 e. The summed E-state index contributed by atoms with van der Waals surface area (Å²) in [7, 11) is 1.61. The second kappa shape index (κ2) is 7.83. The number of hydrogen-bond donors (Lipinski definition) is 2. The van der Waals surface area contributed by atoms with Crippen LogP contribution in [0.3, 0.4) is 0 Å². The highest BCUT2D eigenvalue weighted by molar-refractivity contribution is 5.86. The van der Waals surface area contributed by atoms with Gasteiger partial charge >= 0.3 is 5.97 Å². The molecule has 152 valence electrons. The number of aliphatic hydroxyl groups excluding tert-OH is 1. The van der Waals surface area contributed by atoms with Crippen LogP contribution >= 0.6 is 0 Å². The summed E-state index contributed by atoms with van der Waals surface area (Å²) in [6.07, 6.45) is 4.29. The zero-order valence-corrected chi connectivity index (χ0v) is 16.4. The molecule has 0 saturated heterocycles. The lowest BCUT2D eigenvalue weighted by molar-refractivity contribution is 0.0690. The van der Waals surface area contributed by atoms with Gasteiger partial charge in [-0.1, -0.05) is 6.07 Å². The molecule has 1 saturated carbocycles. The van der Waals surface area contributed by atoms with Gasteiger partial charge in [-0.3, -0.25) is 4.99 Å². The summed E-state index contributed by atoms with van der Waals surface area (Å²) in [5.41, 5.74) is 2.80. The highest BCUT2D eigenvalue weighted by Crippen LogP contribution is 2.49. The number of nitrogens with zero attached hydrogens (tertiary/aromatic N) is 2. The van der Waals surface area contributed by atoms with Gasteiger partial charge in [-0.05, 0) is 54.7 Å². The Morgan fingerprint density at radius 3 is 2.69 bits per heavy atom. The first-order chi connectivity index (χ1) is 14.0. The minimum Gasteiger partial charge on any atom is -0.493 e. The lowest BCUT2D eigenvalue weighted by atomic mass is 9.66. The summed E-state index contributed by atoms with van der Waals surface area (Å²) in [5, 5.41) is 20.0. The monoisotopic (exact) mass is 396 g/mol. The summed E-state index contributed by atoms with van der Waals surface area (Å²) < 4.78 is 11.2. The normalized spacial score (nSPS) is 25.1. The molecule has 1 unspecified atom stereocenters. The standard InChI is InChI=1S/C22H24N2O5/c1-3-29-19-9-14-13(8-18(19)28-2)11-23-15-6-7-17(25)20(21(14)15)12-4-5-16(22(26)27)24-10-12/h4-5,8-11,15,17,20-21,25H,3,6-7H2,1-2H3,(H,26,27)/t15-,17-,20?,21-/m1/s1. The van der Waals surface area contributed by atoms with Crippen LogP contribution in [-0.4, -0.2) is 53.2 Å². The number of aliphatic imine (C=N–C) groups is 1. The number of pyridine rings is 1. The topological polar surface area (TPSA) is 101 Å². The Morgan fingerprint density at radius 2 is 2.03 bits per heavy atom. The summed E-state index contributed by atoms with van der Waals surface area (Å²) in [6, 6.07) is 7.19. The van der Waals surface area contributed by atoms with E-state index in [0.29, 0.717) is 24.5 Å². The highest BCUT2D eigenvalue weighted by atomic mass is 16.5. The quantitative estimate of drug-likeness (QED) is 0.806. The maximum absolute atomic E-state index is 11.1. The molecule has 4 atom stereocenters. The number of ether oxygens (including phenoxy) is 2. The average Bonchev–Trinajstić information content (AvgIpc) is 2.73. The molecule has 1 aromatic carbocycles. The number of aromatic carboxylic acids is 1. The Hall–Kier alpha value is -2.93. The maximum Gasteiger partial charge on any atom is 0.354 e. The molecule has 0 radical (unpaired) electrons. The van der Waals surface area contributed by atoms with Crippen molar-refractivity contribution < 1.29 is 24.5 Å². The van der Waals surface area contributed by atoms with Gasteiger partial charge in [0, 0.05) is 24.2 Å². The zero-order chi connectivity index (χ0) is 20.5. The number of carboxylic acid groups (broad SMARTS) is 1. The van der Waals surface area contributed by atoms with Crippen molar-refractivity contribution in [3.8, 4) is 11.5 Å². The van der Waals surface area contributed by atoms with E-state index in [4.69, 9.17) is 19.6 Å². The van der Waals surface area contributed by atoms with Crippen molar-refractivity contribution in [1.82, 2.24) is 4.98 Å². The van der Waals surface area contributed by atoms with Crippen LogP contribution < -0.4 is 9.47 Å². The molecule has 7 heteroatoms. The molecule has 7 nitrogen and oxygen atoms in total. The van der Waals surface area contributed by atoms with Crippen molar-refractivity contribution in [3.63, 3.8) is 0 Å². The van der Waals surface area contributed by atoms with E-state index in [1.54, 1.807) is 19.4 Å². The molecule has 0 bridgehead atoms. The van der Waals surface area contributed by atoms with Crippen LogP contribution in [0.15, 0.2) is 35.5 Å². The minimum absolute atomic E-state index is 0.0129. The van der Waals surface area contributed by atoms with Gasteiger partial charge < -0.3 is 19.7 Å². The number of methoxy groups -OCH3 is 1. The number of aliphatic hydroxyl groups is 1. The van der Waals surface area contributed by atoms with E-state index >= 15 is 0 Å². The van der Waals surface area contributed by atoms with E-state index in [1.807, 2.05) is 25.3 Å². The fraction of sp³-hybridized carbons (Fsp3) is 0.409. The summed E-state index contributed by atoms with van der Waals surface area (Å²) >= 11 is 0. The van der Waals surface area contributed by atoms with Crippen LogP contribution in [0.25, 0.3) is 0 Å². The number of aromatic nitrogens is 1. The minimum atomic E-state index is -1.07. The van der Waals surface area contributed by atoms with Gasteiger partial charge in [0.1, 0.15) is 5.69 Å². The van der Waals surface area contributed by atoms with Gasteiger partial charge in [0.2, 0.25) is 0 Å². The lowest BCUT2D eigenvalue weighted by Crippen LogP contribution is -2.39. The van der Waals surface area contributed by atoms with Crippen LogP contribution in [0.4, 0.5) is 0 Å². The van der Waals surface area contributed by atoms with Gasteiger partial charge in [-0.2, -0.15) is 0 Å². The van der Waals surface area contributed by atoms with Crippen molar-refractivity contribution in [1.29, 1.82) is 0 Å². The molecule has 1 aliphatic heterocycles. The zero-order valence-electron chi connectivity index (χ0n) is 16.4. The van der Waals surface area contributed by atoms with Crippen LogP contribution in [0, 0.1) is 0 Å². The maximum atomic E-state index is 11.1. The van der Waals surface area contributed by atoms with Gasteiger partial charge in [0.25, 0.3) is 0 Å². The Labute approximate surface area is 169 Å². The molecular weight excluding hydrogens is 372 g/mol. The number of benzene rings is 1. The van der Waals surface area contributed by atoms with Crippen molar-refractivity contribution in [2.45, 2.75) is 43.7 Å². The SMILES string of the molecule is CCOc1cc2c(cc1OC)C=N[C@@H]1CC[C@@H](O)C(c3ccc(C(=O)O)nc3)[C@H]21. The average molecular weight is 396 g/mol. The van der Waals surface area contributed by atoms with Crippen molar-refractivity contribution in [3.05, 3.63) is 52.8 Å². The molecule has 1 aliphatic carbocycles. The van der Waals surface area contributed by atoms with Crippen molar-refractivity contribution in [2.75, 3.05) is 13.7 Å². The second-order valence-electron chi connectivity index (χ2n) is 7.39. The van der Waals surface area contributed by atoms with E-state index in [-0.39, 0.29) is 23.6 Å². The van der Waals surface area contributed by atoms with Gasteiger partial charge in [-0.25, -0.2) is 9.78 Å². The Kier molecular flexibility index (Phi) is 5.24. The predicted octanol–water partition coefficient (Wildman–Crippen LogP) is 3.01. The molecule has 0 spiro atoms. The van der Waals surface area contributed by atoms with E-state index in [1.165, 1.54) is 6.07 Å². The van der Waals surface area contributed by atoms with Crippen LogP contribution in [0.1, 0.15) is 58.8 Å². The predicted molar refractivity (Wildman–Crippen MR) is 107 cm³/mol. The lowest BCUT2D eigenvalue weighted by Gasteiger charge is -2.42. The number of rotatable bonds is 5.